The number of benzene rings is 1. The lowest BCUT2D eigenvalue weighted by molar-refractivity contribution is -0.122. The Balaban J connectivity index is 1.42. The van der Waals surface area contributed by atoms with E-state index in [9.17, 15) is 4.79 Å². The van der Waals surface area contributed by atoms with E-state index in [1.54, 1.807) is 0 Å². The number of rotatable bonds is 5. The Kier molecular flexibility index (Phi) is 5.59. The number of hydrogen-bond donors (Lipinski definition) is 2. The number of carbonyl (C=O) groups is 1. The zero-order chi connectivity index (χ0) is 16.2. The molecule has 4 nitrogen and oxygen atoms in total. The van der Waals surface area contributed by atoms with Gasteiger partial charge in [0, 0.05) is 42.3 Å². The van der Waals surface area contributed by atoms with Crippen LogP contribution >= 0.6 is 15.9 Å². The van der Waals surface area contributed by atoms with E-state index in [2.05, 4.69) is 44.3 Å². The summed E-state index contributed by atoms with van der Waals surface area (Å²) in [5.41, 5.74) is 7.30. The van der Waals surface area contributed by atoms with Crippen molar-refractivity contribution >= 4 is 27.5 Å². The molecule has 5 heteroatoms. The first-order chi connectivity index (χ1) is 11.1. The molecule has 1 saturated heterocycles. The van der Waals surface area contributed by atoms with Crippen molar-refractivity contribution in [2.45, 2.75) is 38.1 Å². The molecule has 1 saturated carbocycles. The molecule has 2 fully saturated rings. The molecule has 1 aromatic rings. The average molecular weight is 380 g/mol. The largest absolute Gasteiger partial charge is 0.371 e. The van der Waals surface area contributed by atoms with Gasteiger partial charge in [0.1, 0.15) is 0 Å². The Bertz CT molecular complexity index is 551. The molecule has 0 spiro atoms. The van der Waals surface area contributed by atoms with Crippen LogP contribution in [-0.2, 0) is 4.79 Å². The highest BCUT2D eigenvalue weighted by atomic mass is 79.9. The van der Waals surface area contributed by atoms with E-state index in [4.69, 9.17) is 5.73 Å². The van der Waals surface area contributed by atoms with E-state index >= 15 is 0 Å². The summed E-state index contributed by atoms with van der Waals surface area (Å²) in [6, 6.07) is 8.64. The van der Waals surface area contributed by atoms with E-state index in [0.29, 0.717) is 18.3 Å². The molecule has 1 heterocycles. The van der Waals surface area contributed by atoms with Crippen LogP contribution in [0.25, 0.3) is 0 Å². The number of nitrogens with zero attached hydrogens (tertiary/aromatic N) is 1. The minimum Gasteiger partial charge on any atom is -0.371 e. The number of anilines is 1. The second kappa shape index (κ2) is 7.67. The lowest BCUT2D eigenvalue weighted by atomic mass is 9.99. The van der Waals surface area contributed by atoms with E-state index in [1.807, 2.05) is 6.07 Å². The average Bonchev–Trinajstić information content (AvgIpc) is 3.15. The first-order valence-electron chi connectivity index (χ1n) is 8.64. The van der Waals surface area contributed by atoms with Crippen LogP contribution in [0, 0.1) is 11.8 Å². The fourth-order valence-corrected chi connectivity index (χ4v) is 4.18. The molecule has 1 aromatic carbocycles. The second-order valence-electron chi connectivity index (χ2n) is 6.94. The summed E-state index contributed by atoms with van der Waals surface area (Å²) < 4.78 is 1.11. The molecule has 0 radical (unpaired) electrons. The summed E-state index contributed by atoms with van der Waals surface area (Å²) in [4.78, 5) is 14.5. The zero-order valence-electron chi connectivity index (χ0n) is 13.5. The van der Waals surface area contributed by atoms with Crippen molar-refractivity contribution in [2.24, 2.45) is 17.6 Å². The number of nitrogens with two attached hydrogens (primary N) is 1. The molecule has 23 heavy (non-hydrogen) atoms. The van der Waals surface area contributed by atoms with Crippen molar-refractivity contribution in [1.29, 1.82) is 0 Å². The maximum Gasteiger partial charge on any atom is 0.220 e. The summed E-state index contributed by atoms with van der Waals surface area (Å²) in [5.74, 6) is 1.10. The van der Waals surface area contributed by atoms with E-state index in [0.717, 1.165) is 43.4 Å². The molecule has 1 aliphatic heterocycles. The van der Waals surface area contributed by atoms with Gasteiger partial charge >= 0.3 is 0 Å². The SMILES string of the molecule is N[C@@H]1CCC[C@H]1CC(=O)NCC1CCN(c2cccc(Br)c2)C1. The zero-order valence-corrected chi connectivity index (χ0v) is 15.1. The monoisotopic (exact) mass is 379 g/mol. The van der Waals surface area contributed by atoms with Gasteiger partial charge in [-0.3, -0.25) is 4.79 Å². The predicted octanol–water partition coefficient (Wildman–Crippen LogP) is 2.91. The fourth-order valence-electron chi connectivity index (χ4n) is 3.79. The molecule has 1 aliphatic carbocycles. The van der Waals surface area contributed by atoms with Crippen LogP contribution in [0.4, 0.5) is 5.69 Å². The van der Waals surface area contributed by atoms with Gasteiger partial charge in [0.15, 0.2) is 0 Å². The summed E-state index contributed by atoms with van der Waals surface area (Å²) in [7, 11) is 0. The van der Waals surface area contributed by atoms with Crippen LogP contribution in [0.3, 0.4) is 0 Å². The van der Waals surface area contributed by atoms with Gasteiger partial charge in [-0.1, -0.05) is 28.4 Å². The molecule has 1 amide bonds. The van der Waals surface area contributed by atoms with Crippen LogP contribution in [-0.4, -0.2) is 31.6 Å². The molecule has 126 valence electrons. The summed E-state index contributed by atoms with van der Waals surface area (Å²) in [5, 5.41) is 3.13. The number of carbonyl (C=O) groups excluding carboxylic acids is 1. The van der Waals surface area contributed by atoms with Crippen LogP contribution < -0.4 is 16.0 Å². The molecule has 3 N–H and O–H groups in total. The Morgan fingerprint density at radius 1 is 1.35 bits per heavy atom. The molecule has 3 rings (SSSR count). The van der Waals surface area contributed by atoms with Gasteiger partial charge in [-0.2, -0.15) is 0 Å². The van der Waals surface area contributed by atoms with Gasteiger partial charge in [-0.25, -0.2) is 0 Å². The summed E-state index contributed by atoms with van der Waals surface area (Å²) >= 11 is 3.53. The van der Waals surface area contributed by atoms with Crippen molar-refractivity contribution in [1.82, 2.24) is 5.32 Å². The van der Waals surface area contributed by atoms with Crippen molar-refractivity contribution in [3.63, 3.8) is 0 Å². The Labute approximate surface area is 146 Å². The summed E-state index contributed by atoms with van der Waals surface area (Å²) in [6.45, 7) is 2.86. The molecule has 3 atom stereocenters. The van der Waals surface area contributed by atoms with Crippen molar-refractivity contribution < 1.29 is 4.79 Å². The predicted molar refractivity (Wildman–Crippen MR) is 97.4 cm³/mol. The molecular weight excluding hydrogens is 354 g/mol. The van der Waals surface area contributed by atoms with Crippen molar-refractivity contribution in [3.8, 4) is 0 Å². The molecule has 0 bridgehead atoms. The van der Waals surface area contributed by atoms with Gasteiger partial charge in [-0.15, -0.1) is 0 Å². The third-order valence-electron chi connectivity index (χ3n) is 5.21. The highest BCUT2D eigenvalue weighted by molar-refractivity contribution is 9.10. The topological polar surface area (TPSA) is 58.4 Å². The lowest BCUT2D eigenvalue weighted by Crippen LogP contribution is -2.34. The van der Waals surface area contributed by atoms with Crippen LogP contribution in [0.1, 0.15) is 32.1 Å². The molecule has 1 unspecified atom stereocenters. The highest BCUT2D eigenvalue weighted by Gasteiger charge is 2.27. The summed E-state index contributed by atoms with van der Waals surface area (Å²) in [6.07, 6.45) is 5.08. The van der Waals surface area contributed by atoms with Gasteiger partial charge in [0.25, 0.3) is 0 Å². The van der Waals surface area contributed by atoms with Crippen LogP contribution in [0.2, 0.25) is 0 Å². The lowest BCUT2D eigenvalue weighted by Gasteiger charge is -2.19. The molecule has 0 aromatic heterocycles. The number of halogens is 1. The maximum absolute atomic E-state index is 12.1. The number of hydrogen-bond acceptors (Lipinski definition) is 3. The molecular formula is C18H26BrN3O. The first kappa shape index (κ1) is 16.8. The van der Waals surface area contributed by atoms with Gasteiger partial charge in [-0.05, 0) is 49.3 Å². The maximum atomic E-state index is 12.1. The quantitative estimate of drug-likeness (QED) is 0.826. The van der Waals surface area contributed by atoms with E-state index in [-0.39, 0.29) is 11.9 Å². The number of nitrogens with one attached hydrogen (secondary N) is 1. The van der Waals surface area contributed by atoms with Gasteiger partial charge in [0.2, 0.25) is 5.91 Å². The van der Waals surface area contributed by atoms with Crippen molar-refractivity contribution in [2.75, 3.05) is 24.5 Å². The second-order valence-corrected chi connectivity index (χ2v) is 7.86. The highest BCUT2D eigenvalue weighted by Crippen LogP contribution is 2.27. The molecule has 2 aliphatic rings. The third kappa shape index (κ3) is 4.48. The first-order valence-corrected chi connectivity index (χ1v) is 9.44. The fraction of sp³-hybridized carbons (Fsp3) is 0.611. The Morgan fingerprint density at radius 2 is 2.22 bits per heavy atom. The van der Waals surface area contributed by atoms with Gasteiger partial charge in [0.05, 0.1) is 0 Å². The Hall–Kier alpha value is -1.07. The smallest absolute Gasteiger partial charge is 0.220 e. The minimum atomic E-state index is 0.174. The standard InChI is InChI=1S/C18H26BrN3O/c19-15-4-2-5-16(10-15)22-8-7-13(12-22)11-21-18(23)9-14-3-1-6-17(14)20/h2,4-5,10,13-14,17H,1,3,6-9,11-12,20H2,(H,21,23)/t13?,14-,17+/m0/s1. The normalized spacial score (nSPS) is 27.4. The van der Waals surface area contributed by atoms with Crippen LogP contribution in [0.15, 0.2) is 28.7 Å². The van der Waals surface area contributed by atoms with E-state index in [1.165, 1.54) is 12.1 Å². The number of amides is 1. The van der Waals surface area contributed by atoms with Gasteiger partial charge < -0.3 is 16.0 Å². The minimum absolute atomic E-state index is 0.174. The van der Waals surface area contributed by atoms with E-state index < -0.39 is 0 Å². The van der Waals surface area contributed by atoms with Crippen LogP contribution in [0.5, 0.6) is 0 Å². The third-order valence-corrected chi connectivity index (χ3v) is 5.71. The Morgan fingerprint density at radius 3 is 2.96 bits per heavy atom. The van der Waals surface area contributed by atoms with Crippen molar-refractivity contribution in [3.05, 3.63) is 28.7 Å².